The molecule has 22 heavy (non-hydrogen) atoms. The van der Waals surface area contributed by atoms with Gasteiger partial charge in [-0.25, -0.2) is 4.79 Å². The number of hydrogen-bond acceptors (Lipinski definition) is 3. The number of amides is 2. The summed E-state index contributed by atoms with van der Waals surface area (Å²) in [6, 6.07) is 5.29. The lowest BCUT2D eigenvalue weighted by atomic mass is 9.89. The lowest BCUT2D eigenvalue weighted by Gasteiger charge is -2.27. The maximum atomic E-state index is 12.1. The average Bonchev–Trinajstić information content (AvgIpc) is 2.99. The highest BCUT2D eigenvalue weighted by atomic mass is 16.6. The zero-order chi connectivity index (χ0) is 16.1. The molecule has 1 aromatic carbocycles. The first-order valence-corrected chi connectivity index (χ1v) is 7.01. The van der Waals surface area contributed by atoms with Gasteiger partial charge in [-0.15, -0.1) is 0 Å². The molecule has 0 unspecified atom stereocenters. The predicted molar refractivity (Wildman–Crippen MR) is 84.3 cm³/mol. The monoisotopic (exact) mass is 300 g/mol. The third kappa shape index (κ3) is 4.19. The largest absolute Gasteiger partial charge is 0.334 e. The minimum atomic E-state index is -0.478. The summed E-state index contributed by atoms with van der Waals surface area (Å²) in [5.41, 5.74) is 0.496. The van der Waals surface area contributed by atoms with Gasteiger partial charge < -0.3 is 10.6 Å². The fourth-order valence-corrected chi connectivity index (χ4v) is 2.21. The van der Waals surface area contributed by atoms with Crippen molar-refractivity contribution in [1.29, 1.82) is 0 Å². The lowest BCUT2D eigenvalue weighted by Crippen LogP contribution is -2.44. The number of carbonyl (C=O) groups excluding carboxylic acids is 1. The van der Waals surface area contributed by atoms with E-state index in [-0.39, 0.29) is 23.7 Å². The van der Waals surface area contributed by atoms with Gasteiger partial charge in [0.2, 0.25) is 0 Å². The molecule has 2 N–H and O–H groups in total. The van der Waals surface area contributed by atoms with Crippen molar-refractivity contribution in [2.24, 2.45) is 5.92 Å². The van der Waals surface area contributed by atoms with Gasteiger partial charge in [-0.1, -0.05) is 13.8 Å². The molecule has 5 radical (unpaired) electrons. The number of carbonyl (C=O) groups is 1. The first kappa shape index (κ1) is 16.3. The number of nitro benzene ring substituents is 1. The number of rotatable bonds is 5. The fraction of sp³-hybridized carbons (Fsp3) is 0.250. The van der Waals surface area contributed by atoms with Crippen molar-refractivity contribution in [3.05, 3.63) is 66.0 Å². The van der Waals surface area contributed by atoms with Gasteiger partial charge >= 0.3 is 6.03 Å². The van der Waals surface area contributed by atoms with Crippen LogP contribution >= 0.6 is 0 Å². The molecule has 115 valence electrons. The second kappa shape index (κ2) is 7.24. The van der Waals surface area contributed by atoms with Gasteiger partial charge in [0.1, 0.15) is 0 Å². The van der Waals surface area contributed by atoms with E-state index < -0.39 is 4.92 Å². The third-order valence-electron chi connectivity index (χ3n) is 3.34. The Morgan fingerprint density at radius 1 is 1.14 bits per heavy atom. The van der Waals surface area contributed by atoms with Crippen LogP contribution in [0.3, 0.4) is 0 Å². The Balaban J connectivity index is 1.94. The lowest BCUT2D eigenvalue weighted by molar-refractivity contribution is -0.384. The number of non-ortho nitro benzene ring substituents is 1. The highest BCUT2D eigenvalue weighted by Crippen LogP contribution is 2.29. The molecule has 0 heterocycles. The minimum Gasteiger partial charge on any atom is -0.334 e. The Kier molecular flexibility index (Phi) is 5.35. The van der Waals surface area contributed by atoms with Crippen LogP contribution in [0.1, 0.15) is 13.8 Å². The Labute approximate surface area is 130 Å². The van der Waals surface area contributed by atoms with Crippen LogP contribution in [0.2, 0.25) is 0 Å². The van der Waals surface area contributed by atoms with E-state index in [1.807, 2.05) is 39.5 Å². The standard InChI is InChI=1S/C16H18N3O3/c1-11(2)15(12-5-3-4-6-12)18-16(20)17-13-7-9-14(10-8-13)19(21)22/h3-11,15H,1-2H3,(H2,17,18,20)/t15-/m1/s1. The molecular weight excluding hydrogens is 282 g/mol. The molecule has 1 aromatic rings. The van der Waals surface area contributed by atoms with E-state index in [0.717, 1.165) is 5.92 Å². The van der Waals surface area contributed by atoms with Gasteiger partial charge in [-0.3, -0.25) is 10.1 Å². The number of benzene rings is 1. The van der Waals surface area contributed by atoms with Crippen LogP contribution < -0.4 is 10.6 Å². The second-order valence-electron chi connectivity index (χ2n) is 5.34. The Morgan fingerprint density at radius 3 is 2.23 bits per heavy atom. The number of anilines is 1. The van der Waals surface area contributed by atoms with E-state index in [1.54, 1.807) is 0 Å². The number of nitrogens with zero attached hydrogens (tertiary/aromatic N) is 1. The summed E-state index contributed by atoms with van der Waals surface area (Å²) < 4.78 is 0. The molecule has 2 amide bonds. The van der Waals surface area contributed by atoms with Gasteiger partial charge in [0, 0.05) is 29.8 Å². The number of urea groups is 1. The summed E-state index contributed by atoms with van der Waals surface area (Å²) in [5, 5.41) is 16.2. The van der Waals surface area contributed by atoms with Crippen LogP contribution in [-0.4, -0.2) is 17.0 Å². The fourth-order valence-electron chi connectivity index (χ4n) is 2.21. The molecule has 1 saturated carbocycles. The molecule has 6 nitrogen and oxygen atoms in total. The molecule has 0 aromatic heterocycles. The summed E-state index contributed by atoms with van der Waals surface area (Å²) in [6.45, 7) is 4.06. The number of nitrogens with one attached hydrogen (secondary N) is 2. The van der Waals surface area contributed by atoms with Crippen LogP contribution in [0.5, 0.6) is 0 Å². The first-order valence-electron chi connectivity index (χ1n) is 7.01. The van der Waals surface area contributed by atoms with Crippen molar-refractivity contribution < 1.29 is 9.72 Å². The first-order chi connectivity index (χ1) is 10.5. The molecular formula is C16H18N3O3. The molecule has 6 heteroatoms. The molecule has 0 spiro atoms. The average molecular weight is 300 g/mol. The van der Waals surface area contributed by atoms with E-state index in [9.17, 15) is 14.9 Å². The van der Waals surface area contributed by atoms with Crippen LogP contribution in [0.15, 0.2) is 24.3 Å². The minimum absolute atomic E-state index is 0.0113. The van der Waals surface area contributed by atoms with Crippen molar-refractivity contribution in [3.63, 3.8) is 0 Å². The van der Waals surface area contributed by atoms with E-state index in [2.05, 4.69) is 10.6 Å². The van der Waals surface area contributed by atoms with Gasteiger partial charge in [-0.2, -0.15) is 0 Å². The zero-order valence-electron chi connectivity index (χ0n) is 12.4. The summed E-state index contributed by atoms with van der Waals surface area (Å²) in [6.07, 6.45) is 7.80. The maximum absolute atomic E-state index is 12.1. The van der Waals surface area contributed by atoms with Crippen LogP contribution in [-0.2, 0) is 0 Å². The summed E-state index contributed by atoms with van der Waals surface area (Å²) in [4.78, 5) is 22.2. The molecule has 1 aliphatic rings. The van der Waals surface area contributed by atoms with Gasteiger partial charge in [0.05, 0.1) is 4.92 Å². The van der Waals surface area contributed by atoms with Crippen LogP contribution in [0.25, 0.3) is 0 Å². The molecule has 0 aliphatic heterocycles. The van der Waals surface area contributed by atoms with E-state index in [4.69, 9.17) is 0 Å². The molecule has 1 atom stereocenters. The highest BCUT2D eigenvalue weighted by molar-refractivity contribution is 5.89. The van der Waals surface area contributed by atoms with Crippen molar-refractivity contribution >= 4 is 17.4 Å². The smallest absolute Gasteiger partial charge is 0.319 e. The topological polar surface area (TPSA) is 84.3 Å². The molecule has 0 saturated heterocycles. The van der Waals surface area contributed by atoms with E-state index in [1.165, 1.54) is 24.3 Å². The quantitative estimate of drug-likeness (QED) is 0.647. The van der Waals surface area contributed by atoms with Gasteiger partial charge in [0.15, 0.2) is 0 Å². The third-order valence-corrected chi connectivity index (χ3v) is 3.34. The van der Waals surface area contributed by atoms with Crippen molar-refractivity contribution in [2.75, 3.05) is 5.32 Å². The van der Waals surface area contributed by atoms with Crippen molar-refractivity contribution in [1.82, 2.24) is 5.32 Å². The Hall–Kier alpha value is -2.11. The van der Waals surface area contributed by atoms with Gasteiger partial charge in [0.25, 0.3) is 5.69 Å². The Bertz CT molecular complexity index is 522. The van der Waals surface area contributed by atoms with Crippen LogP contribution in [0.4, 0.5) is 16.2 Å². The molecule has 1 fully saturated rings. The van der Waals surface area contributed by atoms with Gasteiger partial charge in [-0.05, 0) is 43.7 Å². The highest BCUT2D eigenvalue weighted by Gasteiger charge is 2.29. The molecule has 2 rings (SSSR count). The summed E-state index contributed by atoms with van der Waals surface area (Å²) >= 11 is 0. The zero-order valence-corrected chi connectivity index (χ0v) is 12.4. The predicted octanol–water partition coefficient (Wildman–Crippen LogP) is 3.15. The van der Waals surface area contributed by atoms with Crippen molar-refractivity contribution in [2.45, 2.75) is 19.9 Å². The maximum Gasteiger partial charge on any atom is 0.319 e. The number of nitro groups is 1. The SMILES string of the molecule is CC(C)[C@@H](NC(=O)Nc1ccc([N+](=O)[O-])cc1)[C]1[CH][CH][CH][CH]1. The van der Waals surface area contributed by atoms with E-state index >= 15 is 0 Å². The summed E-state index contributed by atoms with van der Waals surface area (Å²) in [5.74, 6) is 1.29. The van der Waals surface area contributed by atoms with E-state index in [0.29, 0.717) is 5.69 Å². The van der Waals surface area contributed by atoms with Crippen LogP contribution in [0, 0.1) is 47.6 Å². The van der Waals surface area contributed by atoms with Crippen molar-refractivity contribution in [3.8, 4) is 0 Å². The molecule has 0 bridgehead atoms. The molecule has 1 aliphatic carbocycles. The number of hydrogen-bond donors (Lipinski definition) is 2. The summed E-state index contributed by atoms with van der Waals surface area (Å²) in [7, 11) is 0. The Morgan fingerprint density at radius 2 is 1.73 bits per heavy atom. The second-order valence-corrected chi connectivity index (χ2v) is 5.34. The normalized spacial score (nSPS) is 16.5.